The van der Waals surface area contributed by atoms with Crippen LogP contribution in [0.5, 0.6) is 0 Å². The minimum Gasteiger partial charge on any atom is -0.368 e. The lowest BCUT2D eigenvalue weighted by Crippen LogP contribution is -2.53. The fraction of sp³-hybridized carbons (Fsp3) is 0.500. The van der Waals surface area contributed by atoms with Crippen LogP contribution in [0.4, 0.5) is 16.2 Å². The van der Waals surface area contributed by atoms with Crippen molar-refractivity contribution in [1.82, 2.24) is 4.90 Å². The van der Waals surface area contributed by atoms with Crippen molar-refractivity contribution in [2.45, 2.75) is 32.2 Å². The van der Waals surface area contributed by atoms with Gasteiger partial charge < -0.3 is 15.5 Å². The van der Waals surface area contributed by atoms with Gasteiger partial charge in [0.25, 0.3) is 0 Å². The van der Waals surface area contributed by atoms with Crippen molar-refractivity contribution < 1.29 is 9.59 Å². The summed E-state index contributed by atoms with van der Waals surface area (Å²) in [6.45, 7) is 6.96. The zero-order valence-electron chi connectivity index (χ0n) is 15.9. The van der Waals surface area contributed by atoms with E-state index in [0.29, 0.717) is 18.9 Å². The molecule has 0 saturated carbocycles. The van der Waals surface area contributed by atoms with Crippen molar-refractivity contribution in [2.24, 2.45) is 16.6 Å². The molecular weight excluding hydrogens is 342 g/mol. The number of amides is 3. The Hall–Kier alpha value is -2.57. The average molecular weight is 368 g/mol. The van der Waals surface area contributed by atoms with Gasteiger partial charge in [-0.25, -0.2) is 4.79 Å². The van der Waals surface area contributed by atoms with Gasteiger partial charge >= 0.3 is 6.03 Å². The quantitative estimate of drug-likeness (QED) is 0.883. The van der Waals surface area contributed by atoms with E-state index in [0.717, 1.165) is 36.7 Å². The molecule has 3 aliphatic rings. The van der Waals surface area contributed by atoms with E-state index in [2.05, 4.69) is 23.7 Å². The molecule has 0 aliphatic carbocycles. The van der Waals surface area contributed by atoms with Crippen LogP contribution in [0.25, 0.3) is 0 Å². The SMILES string of the molecule is CC(C)C1=NCCCN1c1ccc(N2C[C@@]3(C(N)=O)[CH]CCN3C2=O)cc1. The molecule has 2 N–H and O–H groups in total. The normalized spacial score (nSPS) is 25.2. The summed E-state index contributed by atoms with van der Waals surface area (Å²) in [5.41, 5.74) is 6.52. The van der Waals surface area contributed by atoms with Crippen molar-refractivity contribution in [3.63, 3.8) is 0 Å². The number of rotatable bonds is 4. The Balaban J connectivity index is 1.58. The summed E-state index contributed by atoms with van der Waals surface area (Å²) in [6, 6.07) is 7.77. The minimum atomic E-state index is -0.972. The Kier molecular flexibility index (Phi) is 4.32. The van der Waals surface area contributed by atoms with Crippen molar-refractivity contribution in [2.75, 3.05) is 36.0 Å². The van der Waals surface area contributed by atoms with Crippen molar-refractivity contribution >= 4 is 29.1 Å². The van der Waals surface area contributed by atoms with Gasteiger partial charge in [-0.1, -0.05) is 13.8 Å². The number of urea groups is 1. The molecule has 2 fully saturated rings. The number of carbonyl (C=O) groups excluding carboxylic acids is 2. The van der Waals surface area contributed by atoms with Gasteiger partial charge in [-0.3, -0.25) is 14.7 Å². The molecule has 143 valence electrons. The maximum absolute atomic E-state index is 12.8. The molecule has 1 atom stereocenters. The molecule has 0 unspecified atom stereocenters. The molecule has 27 heavy (non-hydrogen) atoms. The number of benzene rings is 1. The first kappa shape index (κ1) is 17.8. The van der Waals surface area contributed by atoms with Gasteiger partial charge in [0.05, 0.1) is 6.54 Å². The van der Waals surface area contributed by atoms with Gasteiger partial charge in [0.2, 0.25) is 5.91 Å². The maximum atomic E-state index is 12.8. The van der Waals surface area contributed by atoms with Crippen LogP contribution in [0.3, 0.4) is 0 Å². The number of amidine groups is 1. The summed E-state index contributed by atoms with van der Waals surface area (Å²) in [5.74, 6) is 1.01. The molecular formula is C20H26N5O2. The number of hydrogen-bond acceptors (Lipinski definition) is 4. The summed E-state index contributed by atoms with van der Waals surface area (Å²) in [5, 5.41) is 0. The topological polar surface area (TPSA) is 82.2 Å². The molecule has 3 amide bonds. The second-order valence-electron chi connectivity index (χ2n) is 7.72. The average Bonchev–Trinajstić information content (AvgIpc) is 3.21. The van der Waals surface area contributed by atoms with Crippen molar-refractivity contribution in [3.05, 3.63) is 30.7 Å². The molecule has 0 spiro atoms. The number of anilines is 2. The zero-order valence-corrected chi connectivity index (χ0v) is 15.9. The summed E-state index contributed by atoms with van der Waals surface area (Å²) in [7, 11) is 0. The third-order valence-electron chi connectivity index (χ3n) is 5.68. The number of aliphatic imine (C=N–C) groups is 1. The van der Waals surface area contributed by atoms with E-state index in [4.69, 9.17) is 5.73 Å². The first-order valence-corrected chi connectivity index (χ1v) is 9.59. The highest BCUT2D eigenvalue weighted by molar-refractivity contribution is 6.04. The van der Waals surface area contributed by atoms with Gasteiger partial charge in [0.15, 0.2) is 0 Å². The lowest BCUT2D eigenvalue weighted by molar-refractivity contribution is -0.124. The van der Waals surface area contributed by atoms with E-state index in [1.807, 2.05) is 30.7 Å². The van der Waals surface area contributed by atoms with E-state index in [9.17, 15) is 9.59 Å². The first-order chi connectivity index (χ1) is 12.9. The van der Waals surface area contributed by atoms with E-state index in [1.165, 1.54) is 0 Å². The van der Waals surface area contributed by atoms with Gasteiger partial charge in [-0.2, -0.15) is 0 Å². The Morgan fingerprint density at radius 1 is 1.15 bits per heavy atom. The fourth-order valence-electron chi connectivity index (χ4n) is 4.32. The van der Waals surface area contributed by atoms with Crippen LogP contribution >= 0.6 is 0 Å². The second-order valence-corrected chi connectivity index (χ2v) is 7.72. The van der Waals surface area contributed by atoms with Gasteiger partial charge in [0, 0.05) is 43.3 Å². The third-order valence-corrected chi connectivity index (χ3v) is 5.68. The fourth-order valence-corrected chi connectivity index (χ4v) is 4.32. The van der Waals surface area contributed by atoms with E-state index in [-0.39, 0.29) is 12.6 Å². The Morgan fingerprint density at radius 2 is 1.81 bits per heavy atom. The molecule has 0 aromatic heterocycles. The number of fused-ring (bicyclic) bond motifs is 1. The standard InChI is InChI=1S/C20H26N5O2/c1-14(2)17-22-10-4-11-23(17)15-5-7-16(8-6-15)24-13-20(18(21)26)9-3-12-25(20)19(24)27/h5-9,14H,3-4,10-13H2,1-2H3,(H2,21,26)/t20-/m1/s1. The van der Waals surface area contributed by atoms with E-state index >= 15 is 0 Å². The number of carbonyl (C=O) groups is 2. The smallest absolute Gasteiger partial charge is 0.325 e. The summed E-state index contributed by atoms with van der Waals surface area (Å²) < 4.78 is 0. The number of primary amides is 1. The van der Waals surface area contributed by atoms with E-state index in [1.54, 1.807) is 9.80 Å². The minimum absolute atomic E-state index is 0.155. The molecule has 3 heterocycles. The van der Waals surface area contributed by atoms with E-state index < -0.39 is 11.4 Å². The van der Waals surface area contributed by atoms with Crippen LogP contribution in [0.15, 0.2) is 29.3 Å². The molecule has 1 aromatic carbocycles. The number of nitrogens with two attached hydrogens (primary N) is 1. The monoisotopic (exact) mass is 368 g/mol. The van der Waals surface area contributed by atoms with Crippen LogP contribution in [-0.4, -0.2) is 54.4 Å². The van der Waals surface area contributed by atoms with Crippen LogP contribution in [-0.2, 0) is 4.79 Å². The Morgan fingerprint density at radius 3 is 2.41 bits per heavy atom. The molecule has 0 bridgehead atoms. The van der Waals surface area contributed by atoms with Crippen LogP contribution in [0, 0.1) is 12.3 Å². The molecule has 4 rings (SSSR count). The lowest BCUT2D eigenvalue weighted by Gasteiger charge is -2.32. The third kappa shape index (κ3) is 2.76. The Labute approximate surface area is 159 Å². The highest BCUT2D eigenvalue weighted by Crippen LogP contribution is 2.38. The molecule has 2 saturated heterocycles. The zero-order chi connectivity index (χ0) is 19.2. The maximum Gasteiger partial charge on any atom is 0.325 e. The van der Waals surface area contributed by atoms with Gasteiger partial charge in [-0.15, -0.1) is 0 Å². The van der Waals surface area contributed by atoms with Crippen LogP contribution in [0.2, 0.25) is 0 Å². The molecule has 3 aliphatic heterocycles. The lowest BCUT2D eigenvalue weighted by atomic mass is 9.96. The number of nitrogens with zero attached hydrogens (tertiary/aromatic N) is 4. The second kappa shape index (κ2) is 6.55. The summed E-state index contributed by atoms with van der Waals surface area (Å²) in [6.07, 6.45) is 3.61. The number of hydrogen-bond donors (Lipinski definition) is 1. The molecule has 1 radical (unpaired) electrons. The van der Waals surface area contributed by atoms with Crippen LogP contribution in [0.1, 0.15) is 26.7 Å². The summed E-state index contributed by atoms with van der Waals surface area (Å²) in [4.78, 5) is 35.0. The van der Waals surface area contributed by atoms with Crippen molar-refractivity contribution in [3.8, 4) is 0 Å². The predicted octanol–water partition coefficient (Wildman–Crippen LogP) is 2.03. The highest BCUT2D eigenvalue weighted by atomic mass is 16.2. The van der Waals surface area contributed by atoms with Gasteiger partial charge in [-0.05, 0) is 37.1 Å². The highest BCUT2D eigenvalue weighted by Gasteiger charge is 2.56. The first-order valence-electron chi connectivity index (χ1n) is 9.59. The summed E-state index contributed by atoms with van der Waals surface area (Å²) >= 11 is 0. The van der Waals surface area contributed by atoms with Crippen molar-refractivity contribution in [1.29, 1.82) is 0 Å². The molecule has 1 aromatic rings. The van der Waals surface area contributed by atoms with Crippen LogP contribution < -0.4 is 15.5 Å². The largest absolute Gasteiger partial charge is 0.368 e. The molecule has 7 heteroatoms. The van der Waals surface area contributed by atoms with Gasteiger partial charge in [0.1, 0.15) is 11.4 Å². The predicted molar refractivity (Wildman–Crippen MR) is 106 cm³/mol. The Bertz CT molecular complexity index is 788. The molecule has 7 nitrogen and oxygen atoms in total.